The van der Waals surface area contributed by atoms with Crippen LogP contribution in [0.4, 0.5) is 0 Å². The van der Waals surface area contributed by atoms with E-state index in [1.165, 1.54) is 0 Å². The van der Waals surface area contributed by atoms with Gasteiger partial charge in [0.05, 0.1) is 17.7 Å². The zero-order valence-corrected chi connectivity index (χ0v) is 10.4. The summed E-state index contributed by atoms with van der Waals surface area (Å²) in [5.41, 5.74) is 0.594. The number of hydrogen-bond donors (Lipinski definition) is 0. The van der Waals surface area contributed by atoms with E-state index in [-0.39, 0.29) is 6.10 Å². The molecule has 0 N–H and O–H groups in total. The molecule has 1 unspecified atom stereocenters. The normalized spacial score (nSPS) is 19.4. The van der Waals surface area contributed by atoms with Crippen LogP contribution in [0.25, 0.3) is 0 Å². The fraction of sp³-hybridized carbons (Fsp3) is 0.417. The van der Waals surface area contributed by atoms with Crippen molar-refractivity contribution in [1.29, 1.82) is 5.26 Å². The second kappa shape index (κ2) is 5.33. The van der Waals surface area contributed by atoms with Crippen molar-refractivity contribution in [3.05, 3.63) is 28.2 Å². The summed E-state index contributed by atoms with van der Waals surface area (Å²) in [4.78, 5) is 0. The molecule has 1 fully saturated rings. The van der Waals surface area contributed by atoms with Gasteiger partial charge in [-0.2, -0.15) is 5.26 Å². The van der Waals surface area contributed by atoms with Crippen LogP contribution in [0.1, 0.15) is 18.4 Å². The Morgan fingerprint density at radius 3 is 3.06 bits per heavy atom. The summed E-state index contributed by atoms with van der Waals surface area (Å²) in [6, 6.07) is 7.45. The lowest BCUT2D eigenvalue weighted by molar-refractivity contribution is 0.0679. The Bertz CT molecular complexity index is 408. The molecular formula is C12H12BrNO2. The van der Waals surface area contributed by atoms with Crippen LogP contribution >= 0.6 is 15.9 Å². The Balaban J connectivity index is 1.98. The molecule has 1 aliphatic heterocycles. The minimum atomic E-state index is 0.199. The quantitative estimate of drug-likeness (QED) is 0.856. The van der Waals surface area contributed by atoms with E-state index in [0.29, 0.717) is 17.9 Å². The summed E-state index contributed by atoms with van der Waals surface area (Å²) in [5.74, 6) is 0.710. The molecular weight excluding hydrogens is 270 g/mol. The first-order valence-electron chi connectivity index (χ1n) is 5.23. The molecule has 4 heteroatoms. The van der Waals surface area contributed by atoms with Gasteiger partial charge in [0, 0.05) is 11.1 Å². The summed E-state index contributed by atoms with van der Waals surface area (Å²) in [6.45, 7) is 1.39. The van der Waals surface area contributed by atoms with Gasteiger partial charge in [-0.1, -0.05) is 15.9 Å². The average molecular weight is 282 g/mol. The van der Waals surface area contributed by atoms with E-state index in [9.17, 15) is 0 Å². The van der Waals surface area contributed by atoms with E-state index >= 15 is 0 Å². The molecule has 2 rings (SSSR count). The molecule has 16 heavy (non-hydrogen) atoms. The lowest BCUT2D eigenvalue weighted by atomic mass is 10.2. The maximum absolute atomic E-state index is 8.82. The SMILES string of the molecule is N#Cc1cc(Br)cc(OCC2CCCO2)c1. The summed E-state index contributed by atoms with van der Waals surface area (Å²) >= 11 is 3.34. The molecule has 84 valence electrons. The fourth-order valence-electron chi connectivity index (χ4n) is 1.68. The van der Waals surface area contributed by atoms with Gasteiger partial charge < -0.3 is 9.47 Å². The maximum atomic E-state index is 8.82. The molecule has 0 radical (unpaired) electrons. The lowest BCUT2D eigenvalue weighted by Gasteiger charge is -2.11. The minimum absolute atomic E-state index is 0.199. The summed E-state index contributed by atoms with van der Waals surface area (Å²) in [6.07, 6.45) is 2.36. The van der Waals surface area contributed by atoms with Gasteiger partial charge in [-0.25, -0.2) is 0 Å². The number of ether oxygens (including phenoxy) is 2. The molecule has 3 nitrogen and oxygen atoms in total. The lowest BCUT2D eigenvalue weighted by Crippen LogP contribution is -2.16. The van der Waals surface area contributed by atoms with Gasteiger partial charge in [-0.3, -0.25) is 0 Å². The first kappa shape index (κ1) is 11.4. The zero-order valence-electron chi connectivity index (χ0n) is 8.78. The van der Waals surface area contributed by atoms with Crippen molar-refractivity contribution in [3.8, 4) is 11.8 Å². The van der Waals surface area contributed by atoms with Crippen LogP contribution in [0.3, 0.4) is 0 Å². The fourth-order valence-corrected chi connectivity index (χ4v) is 2.15. The molecule has 1 atom stereocenters. The van der Waals surface area contributed by atoms with Gasteiger partial charge >= 0.3 is 0 Å². The number of rotatable bonds is 3. The smallest absolute Gasteiger partial charge is 0.121 e. The minimum Gasteiger partial charge on any atom is -0.491 e. The highest BCUT2D eigenvalue weighted by Gasteiger charge is 2.16. The Kier molecular flexibility index (Phi) is 3.81. The van der Waals surface area contributed by atoms with Gasteiger partial charge in [0.15, 0.2) is 0 Å². The highest BCUT2D eigenvalue weighted by Crippen LogP contribution is 2.22. The van der Waals surface area contributed by atoms with Crippen LogP contribution < -0.4 is 4.74 Å². The largest absolute Gasteiger partial charge is 0.491 e. The molecule has 1 aromatic carbocycles. The second-order valence-electron chi connectivity index (χ2n) is 3.73. The summed E-state index contributed by atoms with van der Waals surface area (Å²) in [5, 5.41) is 8.82. The molecule has 0 bridgehead atoms. The number of nitrogens with zero attached hydrogens (tertiary/aromatic N) is 1. The van der Waals surface area contributed by atoms with Crippen LogP contribution in [0.5, 0.6) is 5.75 Å². The zero-order chi connectivity index (χ0) is 11.4. The van der Waals surface area contributed by atoms with Gasteiger partial charge in [0.1, 0.15) is 12.4 Å². The molecule has 0 aliphatic carbocycles. The van der Waals surface area contributed by atoms with Crippen LogP contribution in [0.2, 0.25) is 0 Å². The molecule has 1 heterocycles. The second-order valence-corrected chi connectivity index (χ2v) is 4.65. The van der Waals surface area contributed by atoms with E-state index in [0.717, 1.165) is 23.9 Å². The van der Waals surface area contributed by atoms with Crippen LogP contribution in [0.15, 0.2) is 22.7 Å². The molecule has 0 saturated carbocycles. The molecule has 0 aromatic heterocycles. The first-order valence-corrected chi connectivity index (χ1v) is 6.02. The van der Waals surface area contributed by atoms with Crippen molar-refractivity contribution in [2.45, 2.75) is 18.9 Å². The summed E-state index contributed by atoms with van der Waals surface area (Å²) in [7, 11) is 0. The predicted molar refractivity (Wildman–Crippen MR) is 63.3 cm³/mol. The van der Waals surface area contributed by atoms with E-state index in [2.05, 4.69) is 22.0 Å². The maximum Gasteiger partial charge on any atom is 0.121 e. The highest BCUT2D eigenvalue weighted by atomic mass is 79.9. The molecule has 1 saturated heterocycles. The Morgan fingerprint density at radius 1 is 1.50 bits per heavy atom. The highest BCUT2D eigenvalue weighted by molar-refractivity contribution is 9.10. The van der Waals surface area contributed by atoms with E-state index in [1.54, 1.807) is 12.1 Å². The van der Waals surface area contributed by atoms with E-state index < -0.39 is 0 Å². The van der Waals surface area contributed by atoms with Crippen molar-refractivity contribution in [2.75, 3.05) is 13.2 Å². The van der Waals surface area contributed by atoms with Crippen LogP contribution in [-0.4, -0.2) is 19.3 Å². The number of halogens is 1. The van der Waals surface area contributed by atoms with Gasteiger partial charge in [-0.15, -0.1) is 0 Å². The first-order chi connectivity index (χ1) is 7.78. The number of nitriles is 1. The van der Waals surface area contributed by atoms with Crippen molar-refractivity contribution in [3.63, 3.8) is 0 Å². The third-order valence-corrected chi connectivity index (χ3v) is 2.92. The van der Waals surface area contributed by atoms with E-state index in [1.807, 2.05) is 6.07 Å². The average Bonchev–Trinajstić information content (AvgIpc) is 2.78. The molecule has 0 spiro atoms. The van der Waals surface area contributed by atoms with Crippen LogP contribution in [0, 0.1) is 11.3 Å². The van der Waals surface area contributed by atoms with Crippen LogP contribution in [-0.2, 0) is 4.74 Å². The molecule has 1 aromatic rings. The van der Waals surface area contributed by atoms with Gasteiger partial charge in [0.2, 0.25) is 0 Å². The topological polar surface area (TPSA) is 42.2 Å². The van der Waals surface area contributed by atoms with Crippen molar-refractivity contribution >= 4 is 15.9 Å². The third-order valence-electron chi connectivity index (χ3n) is 2.46. The number of hydrogen-bond acceptors (Lipinski definition) is 3. The standard InChI is InChI=1S/C12H12BrNO2/c13-10-4-9(7-14)5-12(6-10)16-8-11-2-1-3-15-11/h4-6,11H,1-3,8H2. The Labute approximate surface area is 103 Å². The number of benzene rings is 1. The van der Waals surface area contributed by atoms with E-state index in [4.69, 9.17) is 14.7 Å². The van der Waals surface area contributed by atoms with Crippen molar-refractivity contribution in [1.82, 2.24) is 0 Å². The Hall–Kier alpha value is -1.05. The van der Waals surface area contributed by atoms with Gasteiger partial charge in [0.25, 0.3) is 0 Å². The molecule has 0 amide bonds. The predicted octanol–water partition coefficient (Wildman–Crippen LogP) is 2.88. The third kappa shape index (κ3) is 2.97. The monoisotopic (exact) mass is 281 g/mol. The molecule has 1 aliphatic rings. The van der Waals surface area contributed by atoms with Crippen molar-refractivity contribution in [2.24, 2.45) is 0 Å². The summed E-state index contributed by atoms with van der Waals surface area (Å²) < 4.78 is 11.9. The van der Waals surface area contributed by atoms with Gasteiger partial charge in [-0.05, 0) is 31.0 Å². The van der Waals surface area contributed by atoms with Crippen molar-refractivity contribution < 1.29 is 9.47 Å². The Morgan fingerprint density at radius 2 is 2.38 bits per heavy atom.